The van der Waals surface area contributed by atoms with Gasteiger partial charge < -0.3 is 19.3 Å². The van der Waals surface area contributed by atoms with Crippen LogP contribution < -0.4 is 14.4 Å². The van der Waals surface area contributed by atoms with Crippen LogP contribution in [0.1, 0.15) is 42.9 Å². The van der Waals surface area contributed by atoms with E-state index in [1.165, 1.54) is 17.2 Å². The molecule has 7 nitrogen and oxygen atoms in total. The Hall–Kier alpha value is -3.09. The molecule has 7 heteroatoms. The third kappa shape index (κ3) is 3.59. The van der Waals surface area contributed by atoms with Crippen LogP contribution in [-0.2, 0) is 23.2 Å². The van der Waals surface area contributed by atoms with Crippen molar-refractivity contribution in [3.63, 3.8) is 0 Å². The second kappa shape index (κ2) is 8.45. The summed E-state index contributed by atoms with van der Waals surface area (Å²) in [6, 6.07) is 8.99. The molecule has 1 aromatic heterocycles. The van der Waals surface area contributed by atoms with Crippen LogP contribution in [0, 0.1) is 0 Å². The van der Waals surface area contributed by atoms with Gasteiger partial charge in [0.15, 0.2) is 0 Å². The van der Waals surface area contributed by atoms with Gasteiger partial charge >= 0.3 is 6.01 Å². The SMILES string of the molecule is C=CC(=O)N1CCN(c2nc(OCC)nc3c2CCC2(CCCc4ccccc42)O3)CC1. The minimum Gasteiger partial charge on any atom is -0.466 e. The highest BCUT2D eigenvalue weighted by Crippen LogP contribution is 2.47. The van der Waals surface area contributed by atoms with E-state index >= 15 is 0 Å². The molecule has 32 heavy (non-hydrogen) atoms. The monoisotopic (exact) mass is 434 g/mol. The van der Waals surface area contributed by atoms with E-state index in [-0.39, 0.29) is 11.5 Å². The molecule has 0 bridgehead atoms. The molecule has 1 unspecified atom stereocenters. The van der Waals surface area contributed by atoms with Gasteiger partial charge in [-0.05, 0) is 56.2 Å². The first-order chi connectivity index (χ1) is 15.6. The van der Waals surface area contributed by atoms with Crippen LogP contribution in [0.3, 0.4) is 0 Å². The molecule has 1 fully saturated rings. The van der Waals surface area contributed by atoms with Crippen molar-refractivity contribution >= 4 is 11.7 Å². The minimum atomic E-state index is -0.327. The molecule has 168 valence electrons. The number of hydrogen-bond acceptors (Lipinski definition) is 6. The summed E-state index contributed by atoms with van der Waals surface area (Å²) >= 11 is 0. The highest BCUT2D eigenvalue weighted by Gasteiger charge is 2.43. The van der Waals surface area contributed by atoms with Crippen molar-refractivity contribution in [2.75, 3.05) is 37.7 Å². The Kier molecular flexibility index (Phi) is 5.49. The van der Waals surface area contributed by atoms with Crippen molar-refractivity contribution in [3.05, 3.63) is 53.6 Å². The van der Waals surface area contributed by atoms with Crippen LogP contribution in [0.25, 0.3) is 0 Å². The Morgan fingerprint density at radius 2 is 2.00 bits per heavy atom. The number of piperazine rings is 1. The number of carbonyl (C=O) groups excluding carboxylic acids is 1. The largest absolute Gasteiger partial charge is 0.466 e. The molecule has 1 atom stereocenters. The maximum atomic E-state index is 12.0. The summed E-state index contributed by atoms with van der Waals surface area (Å²) in [5, 5.41) is 0. The van der Waals surface area contributed by atoms with Crippen LogP contribution in [0.5, 0.6) is 11.9 Å². The number of hydrogen-bond donors (Lipinski definition) is 0. The third-order valence-corrected chi connectivity index (χ3v) is 6.87. The molecule has 3 heterocycles. The predicted octanol–water partition coefficient (Wildman–Crippen LogP) is 3.27. The molecule has 1 aliphatic carbocycles. The molecule has 1 spiro atoms. The standard InChI is InChI=1S/C25H30N4O3/c1-3-21(30)28-14-16-29(17-15-28)22-19-11-13-25(32-23(19)27-24(26-22)31-4-2)12-7-9-18-8-5-6-10-20(18)25/h3,5-6,8,10H,1,4,7,9,11-17H2,2H3. The number of benzene rings is 1. The quantitative estimate of drug-likeness (QED) is 0.688. The Labute approximate surface area is 189 Å². The number of ether oxygens (including phenoxy) is 2. The van der Waals surface area contributed by atoms with Crippen LogP contribution in [0.15, 0.2) is 36.9 Å². The number of nitrogens with zero attached hydrogens (tertiary/aromatic N) is 4. The first-order valence-electron chi connectivity index (χ1n) is 11.6. The minimum absolute atomic E-state index is 0.0226. The van der Waals surface area contributed by atoms with Crippen molar-refractivity contribution < 1.29 is 14.3 Å². The zero-order chi connectivity index (χ0) is 22.1. The Morgan fingerprint density at radius 3 is 2.78 bits per heavy atom. The third-order valence-electron chi connectivity index (χ3n) is 6.87. The van der Waals surface area contributed by atoms with Crippen molar-refractivity contribution in [2.24, 2.45) is 0 Å². The normalized spacial score (nSPS) is 22.0. The Balaban J connectivity index is 1.48. The first kappa shape index (κ1) is 20.8. The summed E-state index contributed by atoms with van der Waals surface area (Å²) in [6.07, 6.45) is 6.36. The number of aryl methyl sites for hydroxylation is 1. The van der Waals surface area contributed by atoms with Gasteiger partial charge in [0.2, 0.25) is 11.8 Å². The molecule has 1 amide bonds. The molecule has 2 aliphatic heterocycles. The average molecular weight is 435 g/mol. The van der Waals surface area contributed by atoms with Crippen molar-refractivity contribution in [1.82, 2.24) is 14.9 Å². The Bertz CT molecular complexity index is 1030. The lowest BCUT2D eigenvalue weighted by Gasteiger charge is -2.43. The fraction of sp³-hybridized carbons (Fsp3) is 0.480. The lowest BCUT2D eigenvalue weighted by atomic mass is 9.75. The van der Waals surface area contributed by atoms with Gasteiger partial charge in [0.1, 0.15) is 11.4 Å². The smallest absolute Gasteiger partial charge is 0.321 e. The lowest BCUT2D eigenvalue weighted by Crippen LogP contribution is -2.49. The number of carbonyl (C=O) groups is 1. The van der Waals surface area contributed by atoms with E-state index in [1.54, 1.807) is 0 Å². The molecule has 0 N–H and O–H groups in total. The summed E-state index contributed by atoms with van der Waals surface area (Å²) in [6.45, 7) is 8.74. The maximum Gasteiger partial charge on any atom is 0.321 e. The van der Waals surface area contributed by atoms with Crippen molar-refractivity contribution in [1.29, 1.82) is 0 Å². The fourth-order valence-corrected chi connectivity index (χ4v) is 5.27. The summed E-state index contributed by atoms with van der Waals surface area (Å²) in [7, 11) is 0. The summed E-state index contributed by atoms with van der Waals surface area (Å²) < 4.78 is 12.5. The zero-order valence-corrected chi connectivity index (χ0v) is 18.7. The molecule has 2 aromatic rings. The van der Waals surface area contributed by atoms with E-state index in [4.69, 9.17) is 14.5 Å². The molecule has 0 saturated carbocycles. The average Bonchev–Trinajstić information content (AvgIpc) is 2.83. The van der Waals surface area contributed by atoms with Gasteiger partial charge in [0, 0.05) is 26.2 Å². The van der Waals surface area contributed by atoms with Crippen molar-refractivity contribution in [2.45, 2.75) is 44.6 Å². The van der Waals surface area contributed by atoms with Crippen LogP contribution in [0.4, 0.5) is 5.82 Å². The highest BCUT2D eigenvalue weighted by molar-refractivity contribution is 5.87. The molecule has 1 saturated heterocycles. The topological polar surface area (TPSA) is 67.8 Å². The van der Waals surface area contributed by atoms with E-state index in [0.717, 1.165) is 43.5 Å². The summed E-state index contributed by atoms with van der Waals surface area (Å²) in [5.41, 5.74) is 3.40. The Morgan fingerprint density at radius 1 is 1.19 bits per heavy atom. The van der Waals surface area contributed by atoms with Gasteiger partial charge in [0.05, 0.1) is 12.2 Å². The van der Waals surface area contributed by atoms with E-state index < -0.39 is 0 Å². The van der Waals surface area contributed by atoms with Gasteiger partial charge in [-0.1, -0.05) is 30.8 Å². The maximum absolute atomic E-state index is 12.0. The summed E-state index contributed by atoms with van der Waals surface area (Å²) in [4.78, 5) is 25.5. The first-order valence-corrected chi connectivity index (χ1v) is 11.6. The van der Waals surface area contributed by atoms with Gasteiger partial charge in [-0.2, -0.15) is 9.97 Å². The van der Waals surface area contributed by atoms with E-state index in [9.17, 15) is 4.79 Å². The van der Waals surface area contributed by atoms with E-state index in [1.807, 2.05) is 11.8 Å². The molecular formula is C25H30N4O3. The predicted molar refractivity (Wildman–Crippen MR) is 122 cm³/mol. The molecule has 1 aromatic carbocycles. The summed E-state index contributed by atoms with van der Waals surface area (Å²) in [5.74, 6) is 1.50. The molecule has 0 radical (unpaired) electrons. The second-order valence-corrected chi connectivity index (χ2v) is 8.67. The number of aromatic nitrogens is 2. The van der Waals surface area contributed by atoms with Crippen LogP contribution in [-0.4, -0.2) is 53.6 Å². The van der Waals surface area contributed by atoms with Crippen LogP contribution in [0.2, 0.25) is 0 Å². The van der Waals surface area contributed by atoms with Gasteiger partial charge in [0.25, 0.3) is 0 Å². The number of amides is 1. The van der Waals surface area contributed by atoms with Crippen molar-refractivity contribution in [3.8, 4) is 11.9 Å². The zero-order valence-electron chi connectivity index (χ0n) is 18.7. The fourth-order valence-electron chi connectivity index (χ4n) is 5.27. The highest BCUT2D eigenvalue weighted by atomic mass is 16.5. The molecular weight excluding hydrogens is 404 g/mol. The molecule has 5 rings (SSSR count). The van der Waals surface area contributed by atoms with E-state index in [0.29, 0.717) is 44.7 Å². The lowest BCUT2D eigenvalue weighted by molar-refractivity contribution is -0.126. The van der Waals surface area contributed by atoms with E-state index in [2.05, 4.69) is 40.7 Å². The number of fused-ring (bicyclic) bond motifs is 3. The van der Waals surface area contributed by atoms with Gasteiger partial charge in [-0.25, -0.2) is 0 Å². The molecule has 3 aliphatic rings. The van der Waals surface area contributed by atoms with Gasteiger partial charge in [-0.3, -0.25) is 4.79 Å². The number of rotatable bonds is 4. The van der Waals surface area contributed by atoms with Crippen LogP contribution >= 0.6 is 0 Å². The van der Waals surface area contributed by atoms with Gasteiger partial charge in [-0.15, -0.1) is 0 Å². The second-order valence-electron chi connectivity index (χ2n) is 8.67. The number of anilines is 1.